The van der Waals surface area contributed by atoms with Crippen LogP contribution in [0.15, 0.2) is 30.3 Å². The molecule has 0 radical (unpaired) electrons. The lowest BCUT2D eigenvalue weighted by molar-refractivity contribution is -0.128. The lowest BCUT2D eigenvalue weighted by Gasteiger charge is -2.21. The molecule has 0 heterocycles. The molecule has 9 nitrogen and oxygen atoms in total. The number of amides is 3. The van der Waals surface area contributed by atoms with Crippen molar-refractivity contribution in [2.75, 3.05) is 11.9 Å². The zero-order valence-electron chi connectivity index (χ0n) is 17.8. The number of alkyl carbamates (subject to hydrolysis) is 1. The molecule has 0 unspecified atom stereocenters. The fourth-order valence-corrected chi connectivity index (χ4v) is 2.64. The number of thiocarbonyl (C=S) groups is 1. The van der Waals surface area contributed by atoms with E-state index in [-0.39, 0.29) is 18.1 Å². The van der Waals surface area contributed by atoms with E-state index in [9.17, 15) is 14.4 Å². The number of nitrogens with two attached hydrogens (primary N) is 1. The summed E-state index contributed by atoms with van der Waals surface area (Å²) in [5, 5.41) is 11.3. The van der Waals surface area contributed by atoms with Gasteiger partial charge in [-0.05, 0) is 64.9 Å². The number of primary amides is 1. The molecule has 1 rings (SSSR count). The third-order valence-electron chi connectivity index (χ3n) is 3.77. The molecule has 2 atom stereocenters. The number of carbonyl (C=O) groups excluding carboxylic acids is 3. The zero-order chi connectivity index (χ0) is 22.7. The SMILES string of the molecule is C[C@@H](NC(=S)Nc1ccccc1)C(=O)N[C@@H](CCCNC(=O)OC(C)(C)C)C(N)=O. The monoisotopic (exact) mass is 437 g/mol. The Morgan fingerprint density at radius 2 is 1.77 bits per heavy atom. The van der Waals surface area contributed by atoms with Crippen molar-refractivity contribution < 1.29 is 19.1 Å². The van der Waals surface area contributed by atoms with Crippen molar-refractivity contribution in [3.05, 3.63) is 30.3 Å². The maximum atomic E-state index is 12.4. The molecule has 0 fully saturated rings. The average Bonchev–Trinajstić information content (AvgIpc) is 2.63. The van der Waals surface area contributed by atoms with Gasteiger partial charge in [-0.1, -0.05) is 18.2 Å². The first kappa shape index (κ1) is 25.2. The van der Waals surface area contributed by atoms with Crippen molar-refractivity contribution in [2.24, 2.45) is 5.73 Å². The first-order valence-corrected chi connectivity index (χ1v) is 10.1. The quantitative estimate of drug-likeness (QED) is 0.293. The predicted molar refractivity (Wildman–Crippen MR) is 120 cm³/mol. The van der Waals surface area contributed by atoms with Crippen LogP contribution in [0.5, 0.6) is 0 Å². The molecular formula is C20H31N5O4S. The van der Waals surface area contributed by atoms with Crippen molar-refractivity contribution >= 4 is 40.9 Å². The van der Waals surface area contributed by atoms with Crippen LogP contribution in [0.3, 0.4) is 0 Å². The number of nitrogens with one attached hydrogen (secondary N) is 4. The summed E-state index contributed by atoms with van der Waals surface area (Å²) in [4.78, 5) is 35.7. The largest absolute Gasteiger partial charge is 0.444 e. The molecule has 0 aliphatic carbocycles. The first-order chi connectivity index (χ1) is 14.0. The Balaban J connectivity index is 2.41. The summed E-state index contributed by atoms with van der Waals surface area (Å²) in [6.07, 6.45) is 0.165. The van der Waals surface area contributed by atoms with Crippen LogP contribution in [0.25, 0.3) is 0 Å². The standard InChI is InChI=1S/C20H31N5O4S/c1-13(23-18(30)24-14-9-6-5-7-10-14)17(27)25-15(16(21)26)11-8-12-22-19(28)29-20(2,3)4/h5-7,9-10,13,15H,8,11-12H2,1-4H3,(H2,21,26)(H,22,28)(H,25,27)(H2,23,24,30)/t13-,15+/m1/s1. The molecule has 0 bridgehead atoms. The van der Waals surface area contributed by atoms with Crippen molar-refractivity contribution in [2.45, 2.75) is 58.2 Å². The average molecular weight is 438 g/mol. The summed E-state index contributed by atoms with van der Waals surface area (Å²) in [5.41, 5.74) is 5.59. The number of anilines is 1. The zero-order valence-corrected chi connectivity index (χ0v) is 18.6. The number of para-hydroxylation sites is 1. The van der Waals surface area contributed by atoms with Crippen LogP contribution in [-0.2, 0) is 14.3 Å². The highest BCUT2D eigenvalue weighted by molar-refractivity contribution is 7.80. The summed E-state index contributed by atoms with van der Waals surface area (Å²) in [6, 6.07) is 7.73. The molecule has 0 aliphatic rings. The molecule has 1 aromatic carbocycles. The molecule has 0 aliphatic heterocycles. The van der Waals surface area contributed by atoms with Gasteiger partial charge in [0.1, 0.15) is 17.7 Å². The van der Waals surface area contributed by atoms with Gasteiger partial charge in [0.2, 0.25) is 11.8 Å². The summed E-state index contributed by atoms with van der Waals surface area (Å²) in [6.45, 7) is 7.20. The van der Waals surface area contributed by atoms with Crippen LogP contribution < -0.4 is 27.0 Å². The third kappa shape index (κ3) is 10.6. The Labute approximate surface area is 182 Å². The Hall–Kier alpha value is -2.88. The van der Waals surface area contributed by atoms with E-state index in [0.717, 1.165) is 5.69 Å². The maximum Gasteiger partial charge on any atom is 0.407 e. The highest BCUT2D eigenvalue weighted by Gasteiger charge is 2.22. The van der Waals surface area contributed by atoms with Gasteiger partial charge in [0.05, 0.1) is 0 Å². The molecule has 30 heavy (non-hydrogen) atoms. The number of benzene rings is 1. The normalized spacial score (nSPS) is 12.8. The Bertz CT molecular complexity index is 736. The Kier molecular flexibility index (Phi) is 10.0. The predicted octanol–water partition coefficient (Wildman–Crippen LogP) is 1.64. The van der Waals surface area contributed by atoms with Gasteiger partial charge >= 0.3 is 6.09 Å². The maximum absolute atomic E-state index is 12.4. The van der Waals surface area contributed by atoms with Gasteiger partial charge in [-0.15, -0.1) is 0 Å². The van der Waals surface area contributed by atoms with E-state index in [1.54, 1.807) is 27.7 Å². The third-order valence-corrected chi connectivity index (χ3v) is 3.99. The van der Waals surface area contributed by atoms with E-state index >= 15 is 0 Å². The Morgan fingerprint density at radius 3 is 2.33 bits per heavy atom. The van der Waals surface area contributed by atoms with Crippen LogP contribution in [0, 0.1) is 0 Å². The molecule has 1 aromatic rings. The number of ether oxygens (including phenoxy) is 1. The second-order valence-corrected chi connectivity index (χ2v) is 8.13. The van der Waals surface area contributed by atoms with Gasteiger partial charge in [-0.25, -0.2) is 4.79 Å². The van der Waals surface area contributed by atoms with Crippen molar-refractivity contribution in [3.63, 3.8) is 0 Å². The van der Waals surface area contributed by atoms with Crippen LogP contribution in [0.1, 0.15) is 40.5 Å². The fourth-order valence-electron chi connectivity index (χ4n) is 2.34. The number of hydrogen-bond donors (Lipinski definition) is 5. The molecule has 0 saturated heterocycles. The van der Waals surface area contributed by atoms with E-state index in [4.69, 9.17) is 22.7 Å². The Morgan fingerprint density at radius 1 is 1.13 bits per heavy atom. The van der Waals surface area contributed by atoms with Gasteiger partial charge in [0, 0.05) is 12.2 Å². The van der Waals surface area contributed by atoms with E-state index in [0.29, 0.717) is 6.42 Å². The van der Waals surface area contributed by atoms with E-state index in [2.05, 4.69) is 21.3 Å². The van der Waals surface area contributed by atoms with Gasteiger partial charge in [0.15, 0.2) is 5.11 Å². The topological polar surface area (TPSA) is 135 Å². The highest BCUT2D eigenvalue weighted by atomic mass is 32.1. The molecular weight excluding hydrogens is 406 g/mol. The molecule has 3 amide bonds. The number of hydrogen-bond acceptors (Lipinski definition) is 5. The minimum atomic E-state index is -0.863. The van der Waals surface area contributed by atoms with Gasteiger partial charge in [-0.3, -0.25) is 9.59 Å². The molecule has 0 spiro atoms. The van der Waals surface area contributed by atoms with E-state index in [1.807, 2.05) is 30.3 Å². The van der Waals surface area contributed by atoms with Crippen molar-refractivity contribution in [1.82, 2.24) is 16.0 Å². The first-order valence-electron chi connectivity index (χ1n) is 9.67. The number of rotatable bonds is 9. The van der Waals surface area contributed by atoms with Gasteiger partial charge < -0.3 is 31.7 Å². The van der Waals surface area contributed by atoms with Crippen LogP contribution >= 0.6 is 12.2 Å². The smallest absolute Gasteiger partial charge is 0.407 e. The fraction of sp³-hybridized carbons (Fsp3) is 0.500. The van der Waals surface area contributed by atoms with Crippen molar-refractivity contribution in [3.8, 4) is 0 Å². The van der Waals surface area contributed by atoms with Gasteiger partial charge in [0.25, 0.3) is 0 Å². The second-order valence-electron chi connectivity index (χ2n) is 7.72. The molecule has 0 saturated carbocycles. The highest BCUT2D eigenvalue weighted by Crippen LogP contribution is 2.07. The van der Waals surface area contributed by atoms with Crippen LogP contribution in [0.4, 0.5) is 10.5 Å². The summed E-state index contributed by atoms with van der Waals surface area (Å²) < 4.78 is 5.13. The summed E-state index contributed by atoms with van der Waals surface area (Å²) in [7, 11) is 0. The van der Waals surface area contributed by atoms with Crippen LogP contribution in [-0.4, -0.2) is 47.2 Å². The summed E-state index contributed by atoms with van der Waals surface area (Å²) >= 11 is 5.20. The lowest BCUT2D eigenvalue weighted by Crippen LogP contribution is -2.52. The van der Waals surface area contributed by atoms with E-state index in [1.165, 1.54) is 0 Å². The molecule has 6 N–H and O–H groups in total. The molecule has 0 aromatic heterocycles. The van der Waals surface area contributed by atoms with Gasteiger partial charge in [-0.2, -0.15) is 0 Å². The number of carbonyl (C=O) groups is 3. The summed E-state index contributed by atoms with van der Waals surface area (Å²) in [5.74, 6) is -1.08. The minimum absolute atomic E-state index is 0.274. The molecule has 10 heteroatoms. The minimum Gasteiger partial charge on any atom is -0.444 e. The van der Waals surface area contributed by atoms with Crippen LogP contribution in [0.2, 0.25) is 0 Å². The van der Waals surface area contributed by atoms with Crippen molar-refractivity contribution in [1.29, 1.82) is 0 Å². The second kappa shape index (κ2) is 12.0. The lowest BCUT2D eigenvalue weighted by atomic mass is 10.1. The van der Waals surface area contributed by atoms with E-state index < -0.39 is 35.6 Å². The molecule has 166 valence electrons.